The molecule has 0 saturated carbocycles. The molecule has 5 heteroatoms. The number of nitrogens with zero attached hydrogens (tertiary/aromatic N) is 1. The first-order valence-corrected chi connectivity index (χ1v) is 8.07. The van der Waals surface area contributed by atoms with Gasteiger partial charge in [-0.1, -0.05) is 32.9 Å². The molecule has 0 aliphatic carbocycles. The molecule has 2 rings (SSSR count). The van der Waals surface area contributed by atoms with E-state index in [1.54, 1.807) is 11.8 Å². The van der Waals surface area contributed by atoms with Crippen LogP contribution in [-0.4, -0.2) is 49.1 Å². The SMILES string of the molecule is CC(NC(=O)c1ccc(C(C)(C)C)cc1)C(=O)N1CCOCC1. The second-order valence-corrected chi connectivity index (χ2v) is 6.96. The number of morpholine rings is 1. The van der Waals surface area contributed by atoms with Crippen LogP contribution in [0.4, 0.5) is 0 Å². The smallest absolute Gasteiger partial charge is 0.251 e. The zero-order valence-electron chi connectivity index (χ0n) is 14.4. The highest BCUT2D eigenvalue weighted by molar-refractivity contribution is 5.97. The molecule has 1 aliphatic rings. The highest BCUT2D eigenvalue weighted by Crippen LogP contribution is 2.22. The lowest BCUT2D eigenvalue weighted by atomic mass is 9.86. The number of rotatable bonds is 3. The van der Waals surface area contributed by atoms with Crippen molar-refractivity contribution in [2.75, 3.05) is 26.3 Å². The molecule has 2 amide bonds. The molecule has 0 radical (unpaired) electrons. The van der Waals surface area contributed by atoms with Crippen LogP contribution in [0, 0.1) is 0 Å². The van der Waals surface area contributed by atoms with Crippen LogP contribution in [0.2, 0.25) is 0 Å². The predicted molar refractivity (Wildman–Crippen MR) is 89.5 cm³/mol. The molecule has 1 heterocycles. The Bertz CT molecular complexity index is 555. The molecule has 1 aromatic rings. The first-order valence-electron chi connectivity index (χ1n) is 8.07. The zero-order chi connectivity index (χ0) is 17.0. The number of nitrogens with one attached hydrogen (secondary N) is 1. The molecule has 5 nitrogen and oxygen atoms in total. The van der Waals surface area contributed by atoms with Crippen molar-refractivity contribution in [1.29, 1.82) is 0 Å². The summed E-state index contributed by atoms with van der Waals surface area (Å²) in [4.78, 5) is 26.3. The maximum atomic E-state index is 12.3. The Balaban J connectivity index is 1.96. The third-order valence-corrected chi connectivity index (χ3v) is 4.05. The van der Waals surface area contributed by atoms with E-state index in [4.69, 9.17) is 4.74 Å². The maximum absolute atomic E-state index is 12.3. The fourth-order valence-electron chi connectivity index (χ4n) is 2.52. The van der Waals surface area contributed by atoms with Crippen molar-refractivity contribution in [2.24, 2.45) is 0 Å². The number of amides is 2. The van der Waals surface area contributed by atoms with Gasteiger partial charge in [0.05, 0.1) is 13.2 Å². The molecule has 0 spiro atoms. The lowest BCUT2D eigenvalue weighted by Crippen LogP contribution is -2.50. The summed E-state index contributed by atoms with van der Waals surface area (Å²) in [6, 6.07) is 7.00. The Labute approximate surface area is 138 Å². The molecular weight excluding hydrogens is 292 g/mol. The quantitative estimate of drug-likeness (QED) is 0.927. The van der Waals surface area contributed by atoms with Gasteiger partial charge in [-0.3, -0.25) is 9.59 Å². The van der Waals surface area contributed by atoms with Gasteiger partial charge in [0.25, 0.3) is 5.91 Å². The minimum absolute atomic E-state index is 0.0502. The third kappa shape index (κ3) is 4.55. The fourth-order valence-corrected chi connectivity index (χ4v) is 2.52. The minimum Gasteiger partial charge on any atom is -0.378 e. The number of hydrogen-bond donors (Lipinski definition) is 1. The van der Waals surface area contributed by atoms with Crippen LogP contribution in [0.5, 0.6) is 0 Å². The summed E-state index contributed by atoms with van der Waals surface area (Å²) in [6.07, 6.45) is 0. The second kappa shape index (κ2) is 7.13. The lowest BCUT2D eigenvalue weighted by Gasteiger charge is -2.29. The normalized spacial score (nSPS) is 16.8. The Hall–Kier alpha value is -1.88. The largest absolute Gasteiger partial charge is 0.378 e. The number of ether oxygens (including phenoxy) is 1. The van der Waals surface area contributed by atoms with Crippen molar-refractivity contribution in [2.45, 2.75) is 39.2 Å². The highest BCUT2D eigenvalue weighted by Gasteiger charge is 2.24. The van der Waals surface area contributed by atoms with Crippen LogP contribution < -0.4 is 5.32 Å². The van der Waals surface area contributed by atoms with Crippen molar-refractivity contribution in [1.82, 2.24) is 10.2 Å². The number of carbonyl (C=O) groups is 2. The molecule has 0 aromatic heterocycles. The Morgan fingerprint density at radius 2 is 1.70 bits per heavy atom. The highest BCUT2D eigenvalue weighted by atomic mass is 16.5. The summed E-state index contributed by atoms with van der Waals surface area (Å²) < 4.78 is 5.24. The van der Waals surface area contributed by atoms with E-state index in [0.717, 1.165) is 0 Å². The fraction of sp³-hybridized carbons (Fsp3) is 0.556. The topological polar surface area (TPSA) is 58.6 Å². The van der Waals surface area contributed by atoms with Crippen LogP contribution in [-0.2, 0) is 14.9 Å². The van der Waals surface area contributed by atoms with Gasteiger partial charge in [-0.05, 0) is 30.0 Å². The van der Waals surface area contributed by atoms with E-state index >= 15 is 0 Å². The van der Waals surface area contributed by atoms with Crippen molar-refractivity contribution >= 4 is 11.8 Å². The standard InChI is InChI=1S/C18H26N2O3/c1-13(17(22)20-9-11-23-12-10-20)19-16(21)14-5-7-15(8-6-14)18(2,3)4/h5-8,13H,9-12H2,1-4H3,(H,19,21). The first kappa shape index (κ1) is 17.5. The third-order valence-electron chi connectivity index (χ3n) is 4.05. The molecule has 0 bridgehead atoms. The summed E-state index contributed by atoms with van der Waals surface area (Å²) in [5, 5.41) is 2.78. The van der Waals surface area contributed by atoms with Crippen molar-refractivity contribution < 1.29 is 14.3 Å². The van der Waals surface area contributed by atoms with E-state index in [1.165, 1.54) is 5.56 Å². The molecule has 1 fully saturated rings. The summed E-state index contributed by atoms with van der Waals surface area (Å²) in [7, 11) is 0. The molecule has 1 unspecified atom stereocenters. The maximum Gasteiger partial charge on any atom is 0.251 e. The van der Waals surface area contributed by atoms with Gasteiger partial charge in [0.15, 0.2) is 0 Å². The van der Waals surface area contributed by atoms with Gasteiger partial charge in [-0.25, -0.2) is 0 Å². The van der Waals surface area contributed by atoms with Crippen LogP contribution in [0.3, 0.4) is 0 Å². The first-order chi connectivity index (χ1) is 10.8. The van der Waals surface area contributed by atoms with Crippen molar-refractivity contribution in [3.63, 3.8) is 0 Å². The molecule has 1 atom stereocenters. The van der Waals surface area contributed by atoms with Crippen LogP contribution in [0.25, 0.3) is 0 Å². The number of benzene rings is 1. The molecule has 1 N–H and O–H groups in total. The molecule has 126 valence electrons. The van der Waals surface area contributed by atoms with Crippen molar-refractivity contribution in [3.8, 4) is 0 Å². The van der Waals surface area contributed by atoms with Crippen LogP contribution >= 0.6 is 0 Å². The van der Waals surface area contributed by atoms with Gasteiger partial charge in [0.2, 0.25) is 5.91 Å². The van der Waals surface area contributed by atoms with E-state index < -0.39 is 6.04 Å². The van der Waals surface area contributed by atoms with Gasteiger partial charge in [-0.2, -0.15) is 0 Å². The van der Waals surface area contributed by atoms with Gasteiger partial charge in [0.1, 0.15) is 6.04 Å². The number of carbonyl (C=O) groups excluding carboxylic acids is 2. The summed E-state index contributed by atoms with van der Waals surface area (Å²) >= 11 is 0. The lowest BCUT2D eigenvalue weighted by molar-refractivity contribution is -0.136. The van der Waals surface area contributed by atoms with Gasteiger partial charge in [0, 0.05) is 18.7 Å². The Morgan fingerprint density at radius 1 is 1.13 bits per heavy atom. The van der Waals surface area contributed by atoms with Gasteiger partial charge >= 0.3 is 0 Å². The number of hydrogen-bond acceptors (Lipinski definition) is 3. The van der Waals surface area contributed by atoms with Crippen LogP contribution in [0.1, 0.15) is 43.6 Å². The Kier molecular flexibility index (Phi) is 5.42. The van der Waals surface area contributed by atoms with Crippen molar-refractivity contribution in [3.05, 3.63) is 35.4 Å². The van der Waals surface area contributed by atoms with E-state index in [2.05, 4.69) is 26.1 Å². The van der Waals surface area contributed by atoms with E-state index in [1.807, 2.05) is 24.3 Å². The summed E-state index contributed by atoms with van der Waals surface area (Å²) in [5.41, 5.74) is 1.79. The van der Waals surface area contributed by atoms with E-state index in [0.29, 0.717) is 31.9 Å². The summed E-state index contributed by atoms with van der Waals surface area (Å²) in [6.45, 7) is 10.4. The molecule has 1 saturated heterocycles. The second-order valence-electron chi connectivity index (χ2n) is 6.96. The average Bonchev–Trinajstić information content (AvgIpc) is 2.54. The van der Waals surface area contributed by atoms with Gasteiger partial charge < -0.3 is 15.0 Å². The van der Waals surface area contributed by atoms with Crippen LogP contribution in [0.15, 0.2) is 24.3 Å². The monoisotopic (exact) mass is 318 g/mol. The minimum atomic E-state index is -0.539. The Morgan fingerprint density at radius 3 is 2.22 bits per heavy atom. The summed E-state index contributed by atoms with van der Waals surface area (Å²) in [5.74, 6) is -0.285. The molecule has 1 aliphatic heterocycles. The van der Waals surface area contributed by atoms with E-state index in [9.17, 15) is 9.59 Å². The predicted octanol–water partition coefficient (Wildman–Crippen LogP) is 1.96. The van der Waals surface area contributed by atoms with Gasteiger partial charge in [-0.15, -0.1) is 0 Å². The zero-order valence-corrected chi connectivity index (χ0v) is 14.4. The molecule has 1 aromatic carbocycles. The average molecular weight is 318 g/mol. The van der Waals surface area contributed by atoms with E-state index in [-0.39, 0.29) is 17.2 Å². The molecule has 23 heavy (non-hydrogen) atoms. The molecular formula is C18H26N2O3.